The van der Waals surface area contributed by atoms with E-state index in [1.54, 1.807) is 4.68 Å². The fraction of sp³-hybridized carbons (Fsp3) is 0.667. The molecule has 0 aromatic carbocycles. The molecule has 0 unspecified atom stereocenters. The summed E-state index contributed by atoms with van der Waals surface area (Å²) in [5.74, 6) is 0.637. The monoisotopic (exact) mass is 259 g/mol. The predicted octanol–water partition coefficient (Wildman–Crippen LogP) is 1.27. The van der Waals surface area contributed by atoms with Gasteiger partial charge in [0.05, 0.1) is 6.54 Å². The Bertz CT molecular complexity index is 363. The number of thioether (sulfide) groups is 1. The molecule has 1 aromatic heterocycles. The minimum Gasteiger partial charge on any atom is -0.312 e. The van der Waals surface area contributed by atoms with Crippen LogP contribution in [0, 0.1) is 0 Å². The predicted molar refractivity (Wildman–Crippen MR) is 64.6 cm³/mol. The number of rotatable bonds is 7. The maximum atomic E-state index is 5.70. The molecule has 1 N–H and O–H groups in total. The van der Waals surface area contributed by atoms with E-state index < -0.39 is 0 Å². The number of hydrogen-bond acceptors (Lipinski definition) is 5. The summed E-state index contributed by atoms with van der Waals surface area (Å²) in [6.07, 6.45) is 2.59. The summed E-state index contributed by atoms with van der Waals surface area (Å²) in [6.45, 7) is 5.33. The van der Waals surface area contributed by atoms with Crippen LogP contribution in [0.15, 0.2) is 16.8 Å². The molecule has 16 heavy (non-hydrogen) atoms. The van der Waals surface area contributed by atoms with Crippen LogP contribution in [0.25, 0.3) is 0 Å². The maximum absolute atomic E-state index is 5.70. The molecule has 0 radical (unpaired) electrons. The summed E-state index contributed by atoms with van der Waals surface area (Å²) < 4.78 is 1.79. The molecule has 1 aromatic rings. The Kier molecular flexibility index (Phi) is 4.20. The van der Waals surface area contributed by atoms with Crippen LogP contribution in [-0.4, -0.2) is 38.5 Å². The van der Waals surface area contributed by atoms with Crippen LogP contribution in [0.5, 0.6) is 0 Å². The van der Waals surface area contributed by atoms with Crippen LogP contribution < -0.4 is 5.32 Å². The van der Waals surface area contributed by atoms with Gasteiger partial charge in [0.1, 0.15) is 0 Å². The molecule has 88 valence electrons. The van der Waals surface area contributed by atoms with E-state index in [9.17, 15) is 0 Å². The summed E-state index contributed by atoms with van der Waals surface area (Å²) in [7, 11) is 0. The van der Waals surface area contributed by atoms with Gasteiger partial charge < -0.3 is 5.32 Å². The van der Waals surface area contributed by atoms with Crippen LogP contribution in [-0.2, 0) is 6.54 Å². The lowest BCUT2D eigenvalue weighted by Gasteiger charge is -2.04. The van der Waals surface area contributed by atoms with Crippen molar-refractivity contribution in [3.05, 3.63) is 11.6 Å². The van der Waals surface area contributed by atoms with E-state index in [1.165, 1.54) is 24.6 Å². The van der Waals surface area contributed by atoms with Crippen molar-refractivity contribution in [2.75, 3.05) is 12.3 Å². The number of nitrogens with one attached hydrogen (secondary N) is 1. The van der Waals surface area contributed by atoms with E-state index in [2.05, 4.69) is 27.4 Å². The highest BCUT2D eigenvalue weighted by molar-refractivity contribution is 7.99. The standard InChI is InChI=1S/C9H14ClN5S/c1-7(10)6-16-9-12-13-14-15(9)5-4-11-8-2-3-8/h8,11H,1-6H2. The minimum atomic E-state index is 0.607. The smallest absolute Gasteiger partial charge is 0.209 e. The Morgan fingerprint density at radius 1 is 1.62 bits per heavy atom. The third-order valence-electron chi connectivity index (χ3n) is 2.19. The van der Waals surface area contributed by atoms with Gasteiger partial charge in [-0.1, -0.05) is 29.9 Å². The normalized spacial score (nSPS) is 15.3. The van der Waals surface area contributed by atoms with E-state index in [4.69, 9.17) is 11.6 Å². The van der Waals surface area contributed by atoms with E-state index in [0.29, 0.717) is 10.8 Å². The first-order valence-electron chi connectivity index (χ1n) is 5.21. The van der Waals surface area contributed by atoms with Crippen LogP contribution in [0.4, 0.5) is 0 Å². The Balaban J connectivity index is 1.77. The summed E-state index contributed by atoms with van der Waals surface area (Å²) in [6, 6.07) is 0.718. The highest BCUT2D eigenvalue weighted by atomic mass is 35.5. The van der Waals surface area contributed by atoms with E-state index in [1.807, 2.05) is 0 Å². The molecule has 1 heterocycles. The minimum absolute atomic E-state index is 0.607. The quantitative estimate of drug-likeness (QED) is 0.748. The Hall–Kier alpha value is -0.590. The van der Waals surface area contributed by atoms with Gasteiger partial charge in [-0.2, -0.15) is 0 Å². The van der Waals surface area contributed by atoms with Crippen molar-refractivity contribution < 1.29 is 0 Å². The molecule has 7 heteroatoms. The summed E-state index contributed by atoms with van der Waals surface area (Å²) >= 11 is 7.20. The Labute approximate surface area is 104 Å². The highest BCUT2D eigenvalue weighted by Crippen LogP contribution is 2.19. The van der Waals surface area contributed by atoms with Crippen molar-refractivity contribution in [3.8, 4) is 0 Å². The van der Waals surface area contributed by atoms with E-state index in [0.717, 1.165) is 24.3 Å². The molecule has 1 aliphatic rings. The van der Waals surface area contributed by atoms with E-state index in [-0.39, 0.29) is 0 Å². The Morgan fingerprint density at radius 2 is 2.44 bits per heavy atom. The van der Waals surface area contributed by atoms with Crippen LogP contribution in [0.3, 0.4) is 0 Å². The first-order valence-corrected chi connectivity index (χ1v) is 6.57. The zero-order valence-electron chi connectivity index (χ0n) is 8.90. The molecular formula is C9H14ClN5S. The first kappa shape index (κ1) is 11.9. The fourth-order valence-corrected chi connectivity index (χ4v) is 2.07. The van der Waals surface area contributed by atoms with E-state index >= 15 is 0 Å². The molecule has 1 aliphatic carbocycles. The lowest BCUT2D eigenvalue weighted by molar-refractivity contribution is 0.510. The lowest BCUT2D eigenvalue weighted by atomic mass is 10.6. The van der Waals surface area contributed by atoms with Crippen molar-refractivity contribution in [2.24, 2.45) is 0 Å². The van der Waals surface area contributed by atoms with Gasteiger partial charge in [0, 0.05) is 23.4 Å². The second kappa shape index (κ2) is 5.65. The zero-order chi connectivity index (χ0) is 11.4. The van der Waals surface area contributed by atoms with Crippen LogP contribution >= 0.6 is 23.4 Å². The first-order chi connectivity index (χ1) is 7.75. The number of halogens is 1. The van der Waals surface area contributed by atoms with Crippen molar-refractivity contribution >= 4 is 23.4 Å². The van der Waals surface area contributed by atoms with Crippen molar-refractivity contribution in [1.82, 2.24) is 25.5 Å². The molecule has 0 saturated heterocycles. The molecular weight excluding hydrogens is 246 g/mol. The molecule has 2 rings (SSSR count). The largest absolute Gasteiger partial charge is 0.312 e. The molecule has 1 fully saturated rings. The number of aromatic nitrogens is 4. The van der Waals surface area contributed by atoms with Gasteiger partial charge in [-0.25, -0.2) is 4.68 Å². The summed E-state index contributed by atoms with van der Waals surface area (Å²) in [5, 5.41) is 16.3. The molecule has 0 aliphatic heterocycles. The summed E-state index contributed by atoms with van der Waals surface area (Å²) in [5.41, 5.74) is 0. The second-order valence-electron chi connectivity index (χ2n) is 3.72. The SMILES string of the molecule is C=C(Cl)CSc1nnnn1CCNC1CC1. The average molecular weight is 260 g/mol. The van der Waals surface area contributed by atoms with Crippen LogP contribution in [0.2, 0.25) is 0 Å². The number of nitrogens with zero attached hydrogens (tertiary/aromatic N) is 4. The average Bonchev–Trinajstić information content (AvgIpc) is 2.95. The molecule has 0 spiro atoms. The van der Waals surface area contributed by atoms with Crippen molar-refractivity contribution in [1.29, 1.82) is 0 Å². The van der Waals surface area contributed by atoms with Gasteiger partial charge in [0.25, 0.3) is 0 Å². The van der Waals surface area contributed by atoms with Gasteiger partial charge in [-0.15, -0.1) is 5.10 Å². The van der Waals surface area contributed by atoms with Gasteiger partial charge >= 0.3 is 0 Å². The third-order valence-corrected chi connectivity index (χ3v) is 3.53. The molecule has 1 saturated carbocycles. The topological polar surface area (TPSA) is 55.6 Å². The van der Waals surface area contributed by atoms with Gasteiger partial charge in [0.2, 0.25) is 5.16 Å². The Morgan fingerprint density at radius 3 is 3.12 bits per heavy atom. The van der Waals surface area contributed by atoms with Gasteiger partial charge in [-0.3, -0.25) is 0 Å². The number of hydrogen-bond donors (Lipinski definition) is 1. The second-order valence-corrected chi connectivity index (χ2v) is 5.20. The lowest BCUT2D eigenvalue weighted by Crippen LogP contribution is -2.22. The highest BCUT2D eigenvalue weighted by Gasteiger charge is 2.19. The molecule has 5 nitrogen and oxygen atoms in total. The third kappa shape index (κ3) is 3.77. The number of tetrazole rings is 1. The maximum Gasteiger partial charge on any atom is 0.209 e. The van der Waals surface area contributed by atoms with Gasteiger partial charge in [-0.05, 0) is 23.3 Å². The zero-order valence-corrected chi connectivity index (χ0v) is 10.5. The van der Waals surface area contributed by atoms with Crippen LogP contribution in [0.1, 0.15) is 12.8 Å². The molecule has 0 atom stereocenters. The molecule has 0 bridgehead atoms. The van der Waals surface area contributed by atoms with Crippen molar-refractivity contribution in [2.45, 2.75) is 30.6 Å². The molecule has 0 amide bonds. The van der Waals surface area contributed by atoms with Gasteiger partial charge in [0.15, 0.2) is 0 Å². The van der Waals surface area contributed by atoms with Crippen molar-refractivity contribution in [3.63, 3.8) is 0 Å². The fourth-order valence-electron chi connectivity index (χ4n) is 1.25. The summed E-state index contributed by atoms with van der Waals surface area (Å²) in [4.78, 5) is 0.